The van der Waals surface area contributed by atoms with Gasteiger partial charge in [0, 0.05) is 4.79 Å². The third-order valence-corrected chi connectivity index (χ3v) is 1.81. The van der Waals surface area contributed by atoms with Gasteiger partial charge in [-0.15, -0.1) is 0 Å². The maximum absolute atomic E-state index is 10.3. The number of hydrogen-bond donors (Lipinski definition) is 0. The van der Waals surface area contributed by atoms with E-state index in [1.807, 2.05) is 31.2 Å². The van der Waals surface area contributed by atoms with Crippen molar-refractivity contribution in [3.05, 3.63) is 29.8 Å². The quantitative estimate of drug-likeness (QED) is 0.526. The van der Waals surface area contributed by atoms with Gasteiger partial charge in [-0.25, -0.2) is 0 Å². The smallest absolute Gasteiger partial charge is 0.516 e. The van der Waals surface area contributed by atoms with Crippen molar-refractivity contribution in [3.8, 4) is 5.75 Å². The summed E-state index contributed by atoms with van der Waals surface area (Å²) in [5, 5.41) is 6.70. The van der Waals surface area contributed by atoms with Crippen LogP contribution < -0.4 is 4.74 Å². The second-order valence-electron chi connectivity index (χ2n) is 3.19. The number of aryl methyl sites for hydroxylation is 1. The minimum atomic E-state index is -0.530. The topological polar surface area (TPSA) is 49.2 Å². The highest BCUT2D eigenvalue weighted by Gasteiger charge is 2.04. The largest absolute Gasteiger partial charge is 0.565 e. The lowest BCUT2D eigenvalue weighted by Gasteiger charge is -2.04. The van der Waals surface area contributed by atoms with Crippen LogP contribution in [0, 0.1) is 6.92 Å². The van der Waals surface area contributed by atoms with Gasteiger partial charge in [0.25, 0.3) is 0 Å². The first kappa shape index (κ1) is 10.6. The normalized spacial score (nSPS) is 9.79. The van der Waals surface area contributed by atoms with Gasteiger partial charge in [0.15, 0.2) is 0 Å². The Kier molecular flexibility index (Phi) is 3.98. The molecular formula is C11H15O3+. The fourth-order valence-electron chi connectivity index (χ4n) is 1.13. The average Bonchev–Trinajstić information content (AvgIpc) is 2.12. The van der Waals surface area contributed by atoms with Gasteiger partial charge in [-0.05, 0) is 31.0 Å². The highest BCUT2D eigenvalue weighted by molar-refractivity contribution is 5.66. The van der Waals surface area contributed by atoms with E-state index in [1.54, 1.807) is 0 Å². The fraction of sp³-hybridized carbons (Fsp3) is 0.364. The van der Waals surface area contributed by atoms with E-state index in [9.17, 15) is 4.79 Å². The van der Waals surface area contributed by atoms with Crippen LogP contribution in [0.3, 0.4) is 0 Å². The first-order valence-corrected chi connectivity index (χ1v) is 4.62. The minimum Gasteiger partial charge on any atom is -0.565 e. The molecule has 0 aromatic heterocycles. The predicted octanol–water partition coefficient (Wildman–Crippen LogP) is 1.41. The summed E-state index contributed by atoms with van der Waals surface area (Å²) in [6.45, 7) is 2.49. The van der Waals surface area contributed by atoms with Crippen molar-refractivity contribution in [2.45, 2.75) is 19.8 Å². The first-order valence-electron chi connectivity index (χ1n) is 4.62. The molecule has 3 heteroatoms. The molecule has 1 aromatic rings. The molecule has 0 aliphatic rings. The van der Waals surface area contributed by atoms with E-state index in [2.05, 4.69) is 0 Å². The van der Waals surface area contributed by atoms with Crippen LogP contribution in [-0.4, -0.2) is 17.7 Å². The Morgan fingerprint density at radius 3 is 2.93 bits per heavy atom. The van der Waals surface area contributed by atoms with E-state index in [-0.39, 0.29) is 6.42 Å². The van der Waals surface area contributed by atoms with Crippen LogP contribution in [0.15, 0.2) is 24.3 Å². The SMILES string of the molecule is Cc1cccc(OCCCC(=O)[OH2+])c1. The molecule has 0 heterocycles. The highest BCUT2D eigenvalue weighted by Crippen LogP contribution is 2.12. The maximum atomic E-state index is 10.3. The Morgan fingerprint density at radius 2 is 2.29 bits per heavy atom. The lowest BCUT2D eigenvalue weighted by Crippen LogP contribution is -2.01. The van der Waals surface area contributed by atoms with Gasteiger partial charge in [-0.2, -0.15) is 0 Å². The van der Waals surface area contributed by atoms with Crippen molar-refractivity contribution >= 4 is 5.97 Å². The minimum absolute atomic E-state index is 0.270. The molecule has 0 amide bonds. The molecule has 0 saturated heterocycles. The van der Waals surface area contributed by atoms with Crippen LogP contribution in [0.4, 0.5) is 0 Å². The van der Waals surface area contributed by atoms with Crippen molar-refractivity contribution in [2.24, 2.45) is 0 Å². The molecule has 0 saturated carbocycles. The van der Waals surface area contributed by atoms with Crippen LogP contribution in [0.1, 0.15) is 18.4 Å². The Balaban J connectivity index is 2.28. The van der Waals surface area contributed by atoms with Gasteiger partial charge in [0.05, 0.1) is 6.61 Å². The summed E-state index contributed by atoms with van der Waals surface area (Å²) < 4.78 is 5.40. The van der Waals surface area contributed by atoms with Crippen molar-refractivity contribution in [1.82, 2.24) is 0 Å². The van der Waals surface area contributed by atoms with Crippen molar-refractivity contribution in [2.75, 3.05) is 6.61 Å². The number of carbonyl (C=O) groups is 1. The zero-order valence-corrected chi connectivity index (χ0v) is 8.25. The van der Waals surface area contributed by atoms with Crippen LogP contribution in [-0.2, 0) is 4.79 Å². The van der Waals surface area contributed by atoms with E-state index in [0.717, 1.165) is 11.3 Å². The van der Waals surface area contributed by atoms with Gasteiger partial charge in [0.2, 0.25) is 0 Å². The van der Waals surface area contributed by atoms with E-state index >= 15 is 0 Å². The molecule has 0 unspecified atom stereocenters. The molecule has 3 nitrogen and oxygen atoms in total. The molecule has 0 atom stereocenters. The zero-order valence-electron chi connectivity index (χ0n) is 8.25. The molecule has 2 N–H and O–H groups in total. The summed E-state index contributed by atoms with van der Waals surface area (Å²) in [6, 6.07) is 7.76. The lowest BCUT2D eigenvalue weighted by molar-refractivity contribution is -0.137. The molecule has 76 valence electrons. The fourth-order valence-corrected chi connectivity index (χ4v) is 1.13. The van der Waals surface area contributed by atoms with Crippen LogP contribution in [0.5, 0.6) is 5.75 Å². The molecule has 1 aromatic carbocycles. The van der Waals surface area contributed by atoms with Crippen molar-refractivity contribution in [1.29, 1.82) is 0 Å². The third-order valence-electron chi connectivity index (χ3n) is 1.81. The van der Waals surface area contributed by atoms with E-state index in [4.69, 9.17) is 9.84 Å². The summed E-state index contributed by atoms with van der Waals surface area (Å²) in [7, 11) is 0. The summed E-state index contributed by atoms with van der Waals surface area (Å²) in [6.07, 6.45) is 0.877. The molecule has 0 fully saturated rings. The van der Waals surface area contributed by atoms with Gasteiger partial charge in [-0.3, -0.25) is 0 Å². The predicted molar refractivity (Wildman–Crippen MR) is 54.5 cm³/mol. The van der Waals surface area contributed by atoms with E-state index < -0.39 is 5.97 Å². The summed E-state index contributed by atoms with van der Waals surface area (Å²) in [5.41, 5.74) is 1.15. The number of rotatable bonds is 5. The Labute approximate surface area is 83.3 Å². The summed E-state index contributed by atoms with van der Waals surface area (Å²) in [5.74, 6) is 0.292. The monoisotopic (exact) mass is 195 g/mol. The molecule has 0 aliphatic carbocycles. The second kappa shape index (κ2) is 5.27. The second-order valence-corrected chi connectivity index (χ2v) is 3.19. The molecule has 0 radical (unpaired) electrons. The zero-order chi connectivity index (χ0) is 10.4. The number of ether oxygens (including phenoxy) is 1. The van der Waals surface area contributed by atoms with Crippen molar-refractivity contribution < 1.29 is 14.6 Å². The number of carbonyl (C=O) groups excluding carboxylic acids is 1. The van der Waals surface area contributed by atoms with E-state index in [1.165, 1.54) is 0 Å². The number of benzene rings is 1. The first-order chi connectivity index (χ1) is 6.68. The third kappa shape index (κ3) is 3.94. The Hall–Kier alpha value is -1.51. The van der Waals surface area contributed by atoms with Gasteiger partial charge < -0.3 is 9.84 Å². The average molecular weight is 195 g/mol. The van der Waals surface area contributed by atoms with E-state index in [0.29, 0.717) is 13.0 Å². The maximum Gasteiger partial charge on any atom is 0.516 e. The molecule has 0 aliphatic heterocycles. The molecule has 14 heavy (non-hydrogen) atoms. The highest BCUT2D eigenvalue weighted by atomic mass is 16.5. The van der Waals surface area contributed by atoms with Gasteiger partial charge in [0.1, 0.15) is 12.2 Å². The standard InChI is InChI=1S/C11H14O3/c1-9-4-2-5-10(8-9)14-7-3-6-11(12)13/h2,4-5,8H,3,6-7H2,1H3,(H,12,13)/p+1. The van der Waals surface area contributed by atoms with Gasteiger partial charge >= 0.3 is 5.97 Å². The molecule has 0 spiro atoms. The van der Waals surface area contributed by atoms with Crippen LogP contribution >= 0.6 is 0 Å². The Morgan fingerprint density at radius 1 is 1.50 bits per heavy atom. The molecule has 0 bridgehead atoms. The molecular weight excluding hydrogens is 180 g/mol. The summed E-state index contributed by atoms with van der Waals surface area (Å²) >= 11 is 0. The van der Waals surface area contributed by atoms with Crippen LogP contribution in [0.25, 0.3) is 0 Å². The lowest BCUT2D eigenvalue weighted by atomic mass is 10.2. The summed E-state index contributed by atoms with van der Waals surface area (Å²) in [4.78, 5) is 10.3. The van der Waals surface area contributed by atoms with Gasteiger partial charge in [-0.1, -0.05) is 12.1 Å². The Bertz CT molecular complexity index is 307. The molecule has 1 rings (SSSR count). The number of hydrogen-bond acceptors (Lipinski definition) is 2. The van der Waals surface area contributed by atoms with Crippen molar-refractivity contribution in [3.63, 3.8) is 0 Å². The van der Waals surface area contributed by atoms with Crippen LogP contribution in [0.2, 0.25) is 0 Å².